The number of anilines is 1. The highest BCUT2D eigenvalue weighted by molar-refractivity contribution is 5.59. The van der Waals surface area contributed by atoms with Gasteiger partial charge in [-0.15, -0.1) is 0 Å². The zero-order chi connectivity index (χ0) is 37.2. The fourth-order valence-electron chi connectivity index (χ4n) is 5.13. The Labute approximate surface area is 309 Å². The van der Waals surface area contributed by atoms with E-state index in [0.717, 1.165) is 79.1 Å². The summed E-state index contributed by atoms with van der Waals surface area (Å²) in [5.41, 5.74) is 12.4. The Morgan fingerprint density at radius 2 is 0.585 bits per heavy atom. The highest BCUT2D eigenvalue weighted by atomic mass is 15.1. The molecule has 0 amide bonds. The van der Waals surface area contributed by atoms with E-state index >= 15 is 0 Å². The fourth-order valence-corrected chi connectivity index (χ4v) is 5.13. The van der Waals surface area contributed by atoms with Crippen LogP contribution in [0.1, 0.15) is 22.3 Å². The third kappa shape index (κ3) is 9.89. The van der Waals surface area contributed by atoms with Crippen molar-refractivity contribution in [3.05, 3.63) is 150 Å². The van der Waals surface area contributed by atoms with E-state index in [1.165, 1.54) is 0 Å². The minimum atomic E-state index is 0.717. The van der Waals surface area contributed by atoms with Crippen molar-refractivity contribution in [3.8, 4) is 0 Å². The second kappa shape index (κ2) is 16.9. The Kier molecular flexibility index (Phi) is 11.4. The SMILES string of the molecule is Cc1cc(N=Nc2ccc(N(C)C)cc2)ccc1N=Nc1ccc(N=Nc2ccc(N=Nc3ccc(N=Nc4ccccc4)c(C)c3)c(C)c2)c(C)c1. The van der Waals surface area contributed by atoms with E-state index in [1.54, 1.807) is 0 Å². The lowest BCUT2D eigenvalue weighted by atomic mass is 10.2. The third-order valence-electron chi connectivity index (χ3n) is 8.22. The minimum Gasteiger partial charge on any atom is -0.378 e. The second-order valence-corrected chi connectivity index (χ2v) is 12.6. The summed E-state index contributed by atoms with van der Waals surface area (Å²) >= 11 is 0. The van der Waals surface area contributed by atoms with Gasteiger partial charge in [0.1, 0.15) is 0 Å². The molecule has 0 unspecified atom stereocenters. The lowest BCUT2D eigenvalue weighted by Gasteiger charge is -2.11. The minimum absolute atomic E-state index is 0.717. The molecule has 262 valence electrons. The number of aryl methyl sites for hydroxylation is 4. The smallest absolute Gasteiger partial charge is 0.0887 e. The van der Waals surface area contributed by atoms with Gasteiger partial charge in [0.25, 0.3) is 0 Å². The number of benzene rings is 6. The van der Waals surface area contributed by atoms with E-state index in [9.17, 15) is 0 Å². The van der Waals surface area contributed by atoms with Gasteiger partial charge in [-0.1, -0.05) is 18.2 Å². The Bertz CT molecular complexity index is 2360. The van der Waals surface area contributed by atoms with Crippen LogP contribution in [0, 0.1) is 27.7 Å². The van der Waals surface area contributed by atoms with Gasteiger partial charge in [-0.05, 0) is 159 Å². The van der Waals surface area contributed by atoms with Crippen LogP contribution in [-0.2, 0) is 0 Å². The molecular formula is C42H39N11. The van der Waals surface area contributed by atoms with Gasteiger partial charge in [0.2, 0.25) is 0 Å². The van der Waals surface area contributed by atoms with Crippen molar-refractivity contribution in [1.82, 2.24) is 0 Å². The summed E-state index contributed by atoms with van der Waals surface area (Å²) < 4.78 is 0. The number of hydrogen-bond donors (Lipinski definition) is 0. The molecule has 0 aliphatic rings. The largest absolute Gasteiger partial charge is 0.378 e. The molecular weight excluding hydrogens is 659 g/mol. The summed E-state index contributed by atoms with van der Waals surface area (Å²) in [5, 5.41) is 44.2. The normalized spacial score (nSPS) is 12.0. The van der Waals surface area contributed by atoms with Crippen LogP contribution in [0.3, 0.4) is 0 Å². The molecule has 0 bridgehead atoms. The van der Waals surface area contributed by atoms with Crippen LogP contribution in [0.2, 0.25) is 0 Å². The molecule has 0 saturated heterocycles. The van der Waals surface area contributed by atoms with Crippen LogP contribution in [0.5, 0.6) is 0 Å². The van der Waals surface area contributed by atoms with Crippen LogP contribution in [0.25, 0.3) is 0 Å². The van der Waals surface area contributed by atoms with E-state index < -0.39 is 0 Å². The van der Waals surface area contributed by atoms with Crippen LogP contribution in [0.15, 0.2) is 179 Å². The van der Waals surface area contributed by atoms with Crippen molar-refractivity contribution in [3.63, 3.8) is 0 Å². The standard InChI is InChI=1S/C42H39N11/c1-28-24-34(45-43-33-12-18-38(19-13-33)53(5)6)14-20-40(28)50-47-36-16-22-42(30(3)26-36)52-48-37-17-23-41(31(4)27-37)51-46-35-15-21-39(29(2)25-35)49-44-32-10-8-7-9-11-32/h7-27H,1-6H3. The van der Waals surface area contributed by atoms with Gasteiger partial charge in [-0.3, -0.25) is 0 Å². The molecule has 11 heteroatoms. The van der Waals surface area contributed by atoms with Crippen LogP contribution in [0.4, 0.5) is 62.6 Å². The summed E-state index contributed by atoms with van der Waals surface area (Å²) in [7, 11) is 4.01. The van der Waals surface area contributed by atoms with Gasteiger partial charge in [-0.2, -0.15) is 51.1 Å². The van der Waals surface area contributed by atoms with Crippen LogP contribution in [-0.4, -0.2) is 14.1 Å². The Morgan fingerprint density at radius 3 is 0.925 bits per heavy atom. The predicted octanol–water partition coefficient (Wildman–Crippen LogP) is 15.1. The molecule has 0 aliphatic carbocycles. The molecule has 0 heterocycles. The average Bonchev–Trinajstić information content (AvgIpc) is 3.16. The van der Waals surface area contributed by atoms with Gasteiger partial charge < -0.3 is 4.90 Å². The van der Waals surface area contributed by atoms with Crippen molar-refractivity contribution >= 4 is 62.6 Å². The summed E-state index contributed by atoms with van der Waals surface area (Å²) in [6.07, 6.45) is 0. The maximum atomic E-state index is 4.49. The molecule has 6 aromatic rings. The first-order valence-electron chi connectivity index (χ1n) is 17.0. The predicted molar refractivity (Wildman–Crippen MR) is 213 cm³/mol. The van der Waals surface area contributed by atoms with Gasteiger partial charge in [0.15, 0.2) is 0 Å². The maximum absolute atomic E-state index is 4.49. The molecule has 0 spiro atoms. The molecule has 0 fully saturated rings. The lowest BCUT2D eigenvalue weighted by Crippen LogP contribution is -2.07. The summed E-state index contributed by atoms with van der Waals surface area (Å²) in [6.45, 7) is 7.90. The molecule has 0 aromatic heterocycles. The molecule has 0 atom stereocenters. The van der Waals surface area contributed by atoms with Gasteiger partial charge in [0, 0.05) is 19.8 Å². The second-order valence-electron chi connectivity index (χ2n) is 12.6. The van der Waals surface area contributed by atoms with E-state index in [0.29, 0.717) is 5.69 Å². The number of hydrogen-bond acceptors (Lipinski definition) is 11. The monoisotopic (exact) mass is 697 g/mol. The van der Waals surface area contributed by atoms with E-state index in [2.05, 4.69) is 51.1 Å². The van der Waals surface area contributed by atoms with E-state index in [4.69, 9.17) is 0 Å². The molecule has 0 radical (unpaired) electrons. The molecule has 6 rings (SSSR count). The Balaban J connectivity index is 1.05. The quantitative estimate of drug-likeness (QED) is 0.123. The lowest BCUT2D eigenvalue weighted by molar-refractivity contribution is 1.13. The van der Waals surface area contributed by atoms with Crippen molar-refractivity contribution in [2.24, 2.45) is 51.1 Å². The Hall–Kier alpha value is -6.88. The van der Waals surface area contributed by atoms with Gasteiger partial charge in [-0.25, -0.2) is 0 Å². The van der Waals surface area contributed by atoms with Gasteiger partial charge in [0.05, 0.1) is 56.9 Å². The molecule has 6 aromatic carbocycles. The molecule has 0 aliphatic heterocycles. The highest BCUT2D eigenvalue weighted by Gasteiger charge is 2.05. The zero-order valence-corrected chi connectivity index (χ0v) is 30.5. The van der Waals surface area contributed by atoms with Crippen LogP contribution < -0.4 is 4.90 Å². The molecule has 0 N–H and O–H groups in total. The first-order chi connectivity index (χ1) is 25.7. The highest BCUT2D eigenvalue weighted by Crippen LogP contribution is 2.32. The summed E-state index contributed by atoms with van der Waals surface area (Å²) in [5.74, 6) is 0. The zero-order valence-electron chi connectivity index (χ0n) is 30.5. The maximum Gasteiger partial charge on any atom is 0.0887 e. The first-order valence-corrected chi connectivity index (χ1v) is 17.0. The Morgan fingerprint density at radius 1 is 0.302 bits per heavy atom. The summed E-state index contributed by atoms with van der Waals surface area (Å²) in [6, 6.07) is 40.4. The third-order valence-corrected chi connectivity index (χ3v) is 8.22. The van der Waals surface area contributed by atoms with E-state index in [-0.39, 0.29) is 0 Å². The topological polar surface area (TPSA) is 127 Å². The van der Waals surface area contributed by atoms with Crippen molar-refractivity contribution < 1.29 is 0 Å². The number of azo groups is 5. The number of nitrogens with zero attached hydrogens (tertiary/aromatic N) is 11. The molecule has 0 saturated carbocycles. The van der Waals surface area contributed by atoms with Gasteiger partial charge >= 0.3 is 0 Å². The van der Waals surface area contributed by atoms with Crippen molar-refractivity contribution in [2.75, 3.05) is 19.0 Å². The van der Waals surface area contributed by atoms with Crippen molar-refractivity contribution in [2.45, 2.75) is 27.7 Å². The summed E-state index contributed by atoms with van der Waals surface area (Å²) in [4.78, 5) is 2.04. The first kappa shape index (κ1) is 35.9. The van der Waals surface area contributed by atoms with Crippen LogP contribution >= 0.6 is 0 Å². The molecule has 11 nitrogen and oxygen atoms in total. The van der Waals surface area contributed by atoms with E-state index in [1.807, 2.05) is 174 Å². The molecule has 53 heavy (non-hydrogen) atoms. The fraction of sp³-hybridized carbons (Fsp3) is 0.143. The van der Waals surface area contributed by atoms with Crippen molar-refractivity contribution in [1.29, 1.82) is 0 Å². The average molecular weight is 698 g/mol. The number of rotatable bonds is 11.